The van der Waals surface area contributed by atoms with Gasteiger partial charge in [-0.25, -0.2) is 4.99 Å². The molecule has 6 heteroatoms. The topological polar surface area (TPSA) is 71.7 Å². The van der Waals surface area contributed by atoms with Crippen molar-refractivity contribution < 1.29 is 9.26 Å². The van der Waals surface area contributed by atoms with Crippen LogP contribution in [-0.2, 0) is 13.1 Å². The van der Waals surface area contributed by atoms with Crippen LogP contribution in [0.5, 0.6) is 5.75 Å². The average molecular weight is 358 g/mol. The predicted molar refractivity (Wildman–Crippen MR) is 104 cm³/mol. The van der Waals surface area contributed by atoms with Crippen molar-refractivity contribution in [1.82, 2.24) is 15.8 Å². The van der Waals surface area contributed by atoms with Gasteiger partial charge < -0.3 is 19.9 Å². The van der Waals surface area contributed by atoms with Gasteiger partial charge in [-0.2, -0.15) is 0 Å². The Hall–Kier alpha value is -2.50. The minimum absolute atomic E-state index is 0.547. The maximum atomic E-state index is 6.01. The fraction of sp³-hybridized carbons (Fsp3) is 0.500. The predicted octanol–water partition coefficient (Wildman–Crippen LogP) is 3.66. The van der Waals surface area contributed by atoms with Gasteiger partial charge in [-0.15, -0.1) is 0 Å². The van der Waals surface area contributed by atoms with Crippen LogP contribution in [0, 0.1) is 12.8 Å². The second-order valence-electron chi connectivity index (χ2n) is 6.68. The van der Waals surface area contributed by atoms with E-state index >= 15 is 0 Å². The Morgan fingerprint density at radius 3 is 2.81 bits per heavy atom. The van der Waals surface area contributed by atoms with Crippen LogP contribution >= 0.6 is 0 Å². The molecule has 0 aliphatic heterocycles. The van der Waals surface area contributed by atoms with Crippen LogP contribution in [0.2, 0.25) is 0 Å². The van der Waals surface area contributed by atoms with Gasteiger partial charge >= 0.3 is 0 Å². The third kappa shape index (κ3) is 6.78. The molecule has 0 amide bonds. The lowest BCUT2D eigenvalue weighted by atomic mass is 10.1. The minimum Gasteiger partial charge on any atom is -0.493 e. The summed E-state index contributed by atoms with van der Waals surface area (Å²) in [4.78, 5) is 4.67. The van der Waals surface area contributed by atoms with E-state index in [1.165, 1.54) is 5.56 Å². The fourth-order valence-corrected chi connectivity index (χ4v) is 2.34. The summed E-state index contributed by atoms with van der Waals surface area (Å²) in [7, 11) is 0. The molecule has 1 aromatic heterocycles. The Bertz CT molecular complexity index is 681. The van der Waals surface area contributed by atoms with Crippen LogP contribution in [0.25, 0.3) is 0 Å². The number of guanidine groups is 1. The Morgan fingerprint density at radius 1 is 1.27 bits per heavy atom. The molecule has 0 unspecified atom stereocenters. The molecular formula is C20H30N4O2. The molecule has 2 N–H and O–H groups in total. The molecule has 2 aromatic rings. The van der Waals surface area contributed by atoms with Crippen molar-refractivity contribution in [3.05, 3.63) is 47.3 Å². The minimum atomic E-state index is 0.547. The van der Waals surface area contributed by atoms with Crippen molar-refractivity contribution in [3.63, 3.8) is 0 Å². The molecule has 0 spiro atoms. The summed E-state index contributed by atoms with van der Waals surface area (Å²) >= 11 is 0. The van der Waals surface area contributed by atoms with Gasteiger partial charge in [0.2, 0.25) is 0 Å². The van der Waals surface area contributed by atoms with Gasteiger partial charge in [0.15, 0.2) is 5.96 Å². The molecule has 26 heavy (non-hydrogen) atoms. The highest BCUT2D eigenvalue weighted by Gasteiger charge is 2.06. The summed E-state index contributed by atoms with van der Waals surface area (Å²) in [5.74, 6) is 2.29. The van der Waals surface area contributed by atoms with Gasteiger partial charge in [0, 0.05) is 18.2 Å². The first-order valence-electron chi connectivity index (χ1n) is 9.22. The summed E-state index contributed by atoms with van der Waals surface area (Å²) in [6.07, 6.45) is 2.60. The second-order valence-corrected chi connectivity index (χ2v) is 6.68. The van der Waals surface area contributed by atoms with Crippen molar-refractivity contribution in [2.45, 2.75) is 47.2 Å². The van der Waals surface area contributed by atoms with Gasteiger partial charge in [0.25, 0.3) is 0 Å². The molecule has 0 fully saturated rings. The summed E-state index contributed by atoms with van der Waals surface area (Å²) in [6.45, 7) is 11.1. The number of nitrogens with one attached hydrogen (secondary N) is 2. The second kappa shape index (κ2) is 10.5. The lowest BCUT2D eigenvalue weighted by molar-refractivity contribution is 0.287. The van der Waals surface area contributed by atoms with Crippen LogP contribution in [0.3, 0.4) is 0 Å². The first-order chi connectivity index (χ1) is 12.6. The number of aryl methyl sites for hydroxylation is 1. The number of hydrogen-bond donors (Lipinski definition) is 2. The van der Waals surface area contributed by atoms with Crippen LogP contribution in [0.15, 0.2) is 40.0 Å². The van der Waals surface area contributed by atoms with E-state index in [0.717, 1.165) is 42.5 Å². The van der Waals surface area contributed by atoms with Gasteiger partial charge in [-0.1, -0.05) is 31.1 Å². The van der Waals surface area contributed by atoms with Gasteiger partial charge in [-0.3, -0.25) is 0 Å². The maximum Gasteiger partial charge on any atom is 0.191 e. The zero-order valence-corrected chi connectivity index (χ0v) is 16.2. The highest BCUT2D eigenvalue weighted by atomic mass is 16.5. The number of benzene rings is 1. The SMILES string of the molecule is CCNC(=NCc1ccc(C)cc1OCCC(C)C)NCc1ccon1. The molecule has 0 atom stereocenters. The molecule has 0 radical (unpaired) electrons. The number of nitrogens with zero attached hydrogens (tertiary/aromatic N) is 2. The Balaban J connectivity index is 2.02. The summed E-state index contributed by atoms with van der Waals surface area (Å²) in [5.41, 5.74) is 3.11. The lowest BCUT2D eigenvalue weighted by Gasteiger charge is -2.14. The third-order valence-corrected chi connectivity index (χ3v) is 3.86. The molecule has 1 aromatic carbocycles. The highest BCUT2D eigenvalue weighted by Crippen LogP contribution is 2.22. The van der Waals surface area contributed by atoms with E-state index in [1.807, 2.05) is 13.0 Å². The van der Waals surface area contributed by atoms with Crippen molar-refractivity contribution >= 4 is 5.96 Å². The monoisotopic (exact) mass is 358 g/mol. The Labute approximate surface area is 156 Å². The molecule has 0 saturated heterocycles. The molecule has 0 bridgehead atoms. The van der Waals surface area contributed by atoms with Crippen molar-refractivity contribution in [3.8, 4) is 5.75 Å². The zero-order valence-electron chi connectivity index (χ0n) is 16.2. The third-order valence-electron chi connectivity index (χ3n) is 3.86. The Kier molecular flexibility index (Phi) is 7.99. The standard InChI is InChI=1S/C20H30N4O2/c1-5-21-20(23-14-18-9-11-26-24-18)22-13-17-7-6-16(4)12-19(17)25-10-8-15(2)3/h6-7,9,11-12,15H,5,8,10,13-14H2,1-4H3,(H2,21,22,23). The van der Waals surface area contributed by atoms with Gasteiger partial charge in [-0.05, 0) is 37.8 Å². The normalized spacial score (nSPS) is 11.7. The van der Waals surface area contributed by atoms with Crippen molar-refractivity contribution in [2.75, 3.05) is 13.2 Å². The van der Waals surface area contributed by atoms with Crippen LogP contribution in [0.1, 0.15) is 44.0 Å². The van der Waals surface area contributed by atoms with Crippen LogP contribution < -0.4 is 15.4 Å². The largest absolute Gasteiger partial charge is 0.493 e. The van der Waals surface area contributed by atoms with Crippen molar-refractivity contribution in [2.24, 2.45) is 10.9 Å². The quantitative estimate of drug-likeness (QED) is 0.529. The van der Waals surface area contributed by atoms with Gasteiger partial charge in [0.05, 0.1) is 19.7 Å². The maximum absolute atomic E-state index is 6.01. The molecule has 0 aliphatic carbocycles. The molecular weight excluding hydrogens is 328 g/mol. The Morgan fingerprint density at radius 2 is 2.12 bits per heavy atom. The average Bonchev–Trinajstić information content (AvgIpc) is 3.12. The van der Waals surface area contributed by atoms with E-state index in [2.05, 4.69) is 59.8 Å². The van der Waals surface area contributed by atoms with Crippen LogP contribution in [-0.4, -0.2) is 24.3 Å². The van der Waals surface area contributed by atoms with Crippen LogP contribution in [0.4, 0.5) is 0 Å². The fourth-order valence-electron chi connectivity index (χ4n) is 2.34. The molecule has 2 rings (SSSR count). The number of rotatable bonds is 9. The van der Waals surface area contributed by atoms with E-state index in [0.29, 0.717) is 19.0 Å². The molecule has 142 valence electrons. The van der Waals surface area contributed by atoms with E-state index in [-0.39, 0.29) is 0 Å². The smallest absolute Gasteiger partial charge is 0.191 e. The highest BCUT2D eigenvalue weighted by molar-refractivity contribution is 5.79. The first-order valence-corrected chi connectivity index (χ1v) is 9.22. The number of aromatic nitrogens is 1. The summed E-state index contributed by atoms with van der Waals surface area (Å²) in [6, 6.07) is 8.10. The van der Waals surface area contributed by atoms with E-state index in [9.17, 15) is 0 Å². The zero-order chi connectivity index (χ0) is 18.8. The number of hydrogen-bond acceptors (Lipinski definition) is 4. The van der Waals surface area contributed by atoms with Crippen molar-refractivity contribution in [1.29, 1.82) is 0 Å². The van der Waals surface area contributed by atoms with E-state index < -0.39 is 0 Å². The summed E-state index contributed by atoms with van der Waals surface area (Å²) < 4.78 is 10.9. The van der Waals surface area contributed by atoms with E-state index in [4.69, 9.17) is 9.26 Å². The molecule has 0 aliphatic rings. The van der Waals surface area contributed by atoms with E-state index in [1.54, 1.807) is 6.26 Å². The summed E-state index contributed by atoms with van der Waals surface area (Å²) in [5, 5.41) is 10.4. The molecule has 0 saturated carbocycles. The molecule has 1 heterocycles. The lowest BCUT2D eigenvalue weighted by Crippen LogP contribution is -2.36. The van der Waals surface area contributed by atoms with Gasteiger partial charge in [0.1, 0.15) is 17.7 Å². The molecule has 6 nitrogen and oxygen atoms in total. The number of aliphatic imine (C=N–C) groups is 1. The first kappa shape index (κ1) is 19.8. The number of ether oxygens (including phenoxy) is 1.